The molecule has 0 N–H and O–H groups in total. The first kappa shape index (κ1) is 9.27. The molecule has 0 aliphatic heterocycles. The number of hydrogen-bond donors (Lipinski definition) is 0. The highest BCUT2D eigenvalue weighted by Crippen LogP contribution is 2.22. The van der Waals surface area contributed by atoms with Crippen molar-refractivity contribution in [2.75, 3.05) is 6.26 Å². The van der Waals surface area contributed by atoms with Crippen molar-refractivity contribution in [2.24, 2.45) is 7.05 Å². The van der Waals surface area contributed by atoms with Crippen LogP contribution < -0.4 is 0 Å². The summed E-state index contributed by atoms with van der Waals surface area (Å²) in [5, 5.41) is 1.02. The van der Waals surface area contributed by atoms with Gasteiger partial charge in [-0.05, 0) is 18.4 Å². The van der Waals surface area contributed by atoms with Gasteiger partial charge in [0.1, 0.15) is 0 Å². The number of imidazole rings is 1. The van der Waals surface area contributed by atoms with Crippen molar-refractivity contribution in [1.82, 2.24) is 14.5 Å². The molecule has 2 rings (SSSR count). The van der Waals surface area contributed by atoms with Crippen molar-refractivity contribution >= 4 is 11.8 Å². The summed E-state index contributed by atoms with van der Waals surface area (Å²) in [6, 6.07) is 3.97. The van der Waals surface area contributed by atoms with Crippen LogP contribution in [0.25, 0.3) is 11.3 Å². The molecule has 3 nitrogen and oxygen atoms in total. The number of thioether (sulfide) groups is 1. The van der Waals surface area contributed by atoms with Gasteiger partial charge in [0.2, 0.25) is 0 Å². The summed E-state index contributed by atoms with van der Waals surface area (Å²) in [5.74, 6) is 0. The average Bonchev–Trinajstić information content (AvgIpc) is 2.61. The zero-order valence-electron chi connectivity index (χ0n) is 8.14. The van der Waals surface area contributed by atoms with Crippen molar-refractivity contribution in [2.45, 2.75) is 5.16 Å². The minimum atomic E-state index is 1.02. The average molecular weight is 205 g/mol. The van der Waals surface area contributed by atoms with Gasteiger partial charge in [-0.1, -0.05) is 11.8 Å². The molecule has 2 aromatic rings. The molecule has 0 amide bonds. The SMILES string of the molecule is CSc1ncc(-c2cccnc2)n1C. The highest BCUT2D eigenvalue weighted by molar-refractivity contribution is 7.98. The molecular formula is C10H11N3S. The number of nitrogens with zero attached hydrogens (tertiary/aromatic N) is 3. The lowest BCUT2D eigenvalue weighted by atomic mass is 10.2. The summed E-state index contributed by atoms with van der Waals surface area (Å²) < 4.78 is 2.07. The maximum Gasteiger partial charge on any atom is 0.167 e. The van der Waals surface area contributed by atoms with Gasteiger partial charge in [-0.25, -0.2) is 4.98 Å². The first-order chi connectivity index (χ1) is 6.83. The van der Waals surface area contributed by atoms with E-state index in [1.54, 1.807) is 18.0 Å². The van der Waals surface area contributed by atoms with Gasteiger partial charge in [0.05, 0.1) is 11.9 Å². The molecule has 0 saturated heterocycles. The fourth-order valence-electron chi connectivity index (χ4n) is 1.36. The van der Waals surface area contributed by atoms with Crippen molar-refractivity contribution in [1.29, 1.82) is 0 Å². The van der Waals surface area contributed by atoms with Crippen LogP contribution in [-0.2, 0) is 7.05 Å². The number of aromatic nitrogens is 3. The predicted molar refractivity (Wildman–Crippen MR) is 58.2 cm³/mol. The number of pyridine rings is 1. The number of rotatable bonds is 2. The van der Waals surface area contributed by atoms with Gasteiger partial charge in [-0.15, -0.1) is 0 Å². The van der Waals surface area contributed by atoms with E-state index in [9.17, 15) is 0 Å². The Morgan fingerprint density at radius 3 is 2.79 bits per heavy atom. The van der Waals surface area contributed by atoms with Crippen LogP contribution in [0.5, 0.6) is 0 Å². The summed E-state index contributed by atoms with van der Waals surface area (Å²) >= 11 is 1.64. The lowest BCUT2D eigenvalue weighted by Crippen LogP contribution is -1.93. The first-order valence-electron chi connectivity index (χ1n) is 4.29. The summed E-state index contributed by atoms with van der Waals surface area (Å²) in [6.45, 7) is 0. The third-order valence-electron chi connectivity index (χ3n) is 2.09. The smallest absolute Gasteiger partial charge is 0.167 e. The highest BCUT2D eigenvalue weighted by atomic mass is 32.2. The maximum absolute atomic E-state index is 4.31. The first-order valence-corrected chi connectivity index (χ1v) is 5.51. The Labute approximate surface area is 87.2 Å². The van der Waals surface area contributed by atoms with Gasteiger partial charge >= 0.3 is 0 Å². The van der Waals surface area contributed by atoms with E-state index in [4.69, 9.17) is 0 Å². The molecule has 0 saturated carbocycles. The topological polar surface area (TPSA) is 30.7 Å². The lowest BCUT2D eigenvalue weighted by molar-refractivity contribution is 0.798. The van der Waals surface area contributed by atoms with Crippen molar-refractivity contribution in [3.05, 3.63) is 30.7 Å². The molecule has 0 atom stereocenters. The molecule has 0 fully saturated rings. The summed E-state index contributed by atoms with van der Waals surface area (Å²) in [4.78, 5) is 8.40. The molecule has 2 heterocycles. The molecule has 0 spiro atoms. The zero-order chi connectivity index (χ0) is 9.97. The Bertz CT molecular complexity index is 422. The second kappa shape index (κ2) is 3.84. The fraction of sp³-hybridized carbons (Fsp3) is 0.200. The minimum Gasteiger partial charge on any atom is -0.322 e. The minimum absolute atomic E-state index is 1.02. The van der Waals surface area contributed by atoms with E-state index in [-0.39, 0.29) is 0 Å². The molecule has 2 aromatic heterocycles. The van der Waals surface area contributed by atoms with Crippen LogP contribution >= 0.6 is 11.8 Å². The van der Waals surface area contributed by atoms with E-state index >= 15 is 0 Å². The summed E-state index contributed by atoms with van der Waals surface area (Å²) in [7, 11) is 2.02. The second-order valence-corrected chi connectivity index (χ2v) is 3.70. The number of hydrogen-bond acceptors (Lipinski definition) is 3. The highest BCUT2D eigenvalue weighted by Gasteiger charge is 2.06. The van der Waals surface area contributed by atoms with Crippen molar-refractivity contribution in [3.8, 4) is 11.3 Å². The Morgan fingerprint density at radius 2 is 2.21 bits per heavy atom. The van der Waals surface area contributed by atoms with Crippen LogP contribution in [0.2, 0.25) is 0 Å². The van der Waals surface area contributed by atoms with E-state index in [1.165, 1.54) is 0 Å². The Hall–Kier alpha value is -1.29. The molecule has 0 aromatic carbocycles. The Morgan fingerprint density at radius 1 is 1.36 bits per heavy atom. The monoisotopic (exact) mass is 205 g/mol. The van der Waals surface area contributed by atoms with E-state index < -0.39 is 0 Å². The molecule has 0 aliphatic rings. The third kappa shape index (κ3) is 1.53. The molecule has 0 bridgehead atoms. The van der Waals surface area contributed by atoms with E-state index in [0.29, 0.717) is 0 Å². The van der Waals surface area contributed by atoms with Gasteiger partial charge in [0, 0.05) is 25.0 Å². The van der Waals surface area contributed by atoms with Crippen LogP contribution in [0.4, 0.5) is 0 Å². The standard InChI is InChI=1S/C10H11N3S/c1-13-9(7-12-10(13)14-2)8-4-3-5-11-6-8/h3-7H,1-2H3. The second-order valence-electron chi connectivity index (χ2n) is 2.93. The maximum atomic E-state index is 4.31. The fourth-order valence-corrected chi connectivity index (χ4v) is 1.90. The molecule has 0 radical (unpaired) electrons. The van der Waals surface area contributed by atoms with Gasteiger partial charge in [-0.3, -0.25) is 4.98 Å². The van der Waals surface area contributed by atoms with Crippen LogP contribution in [0, 0.1) is 0 Å². The van der Waals surface area contributed by atoms with Gasteiger partial charge in [0.15, 0.2) is 5.16 Å². The summed E-state index contributed by atoms with van der Waals surface area (Å²) in [6.07, 6.45) is 7.52. The van der Waals surface area contributed by atoms with Crippen LogP contribution in [0.15, 0.2) is 35.9 Å². The lowest BCUT2D eigenvalue weighted by Gasteiger charge is -2.02. The Balaban J connectivity index is 2.48. The third-order valence-corrected chi connectivity index (χ3v) is 2.83. The predicted octanol–water partition coefficient (Wildman–Crippen LogP) is 2.20. The van der Waals surface area contributed by atoms with Gasteiger partial charge < -0.3 is 4.57 Å². The largest absolute Gasteiger partial charge is 0.322 e. The molecule has 0 unspecified atom stereocenters. The Kier molecular flexibility index (Phi) is 2.54. The van der Waals surface area contributed by atoms with E-state index in [1.807, 2.05) is 37.8 Å². The van der Waals surface area contributed by atoms with Crippen LogP contribution in [0.3, 0.4) is 0 Å². The van der Waals surface area contributed by atoms with Gasteiger partial charge in [-0.2, -0.15) is 0 Å². The molecule has 4 heteroatoms. The quantitative estimate of drug-likeness (QED) is 0.704. The van der Waals surface area contributed by atoms with E-state index in [0.717, 1.165) is 16.4 Å². The molecule has 72 valence electrons. The normalized spacial score (nSPS) is 10.4. The summed E-state index contributed by atoms with van der Waals surface area (Å²) in [5.41, 5.74) is 2.20. The molecular weight excluding hydrogens is 194 g/mol. The molecule has 0 aliphatic carbocycles. The zero-order valence-corrected chi connectivity index (χ0v) is 8.95. The van der Waals surface area contributed by atoms with Crippen molar-refractivity contribution in [3.63, 3.8) is 0 Å². The van der Waals surface area contributed by atoms with Crippen molar-refractivity contribution < 1.29 is 0 Å². The van der Waals surface area contributed by atoms with E-state index in [2.05, 4.69) is 14.5 Å². The van der Waals surface area contributed by atoms with Crippen LogP contribution in [-0.4, -0.2) is 20.8 Å². The van der Waals surface area contributed by atoms with Gasteiger partial charge in [0.25, 0.3) is 0 Å². The molecule has 14 heavy (non-hydrogen) atoms. The van der Waals surface area contributed by atoms with Crippen LogP contribution in [0.1, 0.15) is 0 Å².